The molecule has 0 aromatic heterocycles. The minimum absolute atomic E-state index is 0. The van der Waals surface area contributed by atoms with Gasteiger partial charge in [0.15, 0.2) is 0 Å². The molecule has 2 unspecified atom stereocenters. The van der Waals surface area contributed by atoms with Gasteiger partial charge >= 0.3 is 59.1 Å². The predicted octanol–water partition coefficient (Wildman–Crippen LogP) is -1.94. The molecule has 0 spiro atoms. The summed E-state index contributed by atoms with van der Waals surface area (Å²) in [4.78, 5) is -0.857. The molecule has 4 aromatic rings. The van der Waals surface area contributed by atoms with Crippen LogP contribution < -0.4 is 69.7 Å². The summed E-state index contributed by atoms with van der Waals surface area (Å²) in [6.07, 6.45) is 2.69. The first-order valence-corrected chi connectivity index (χ1v) is 15.4. The summed E-state index contributed by atoms with van der Waals surface area (Å²) in [6.45, 7) is 1.23. The summed E-state index contributed by atoms with van der Waals surface area (Å²) >= 11 is 0. The average molecular weight is 619 g/mol. The summed E-state index contributed by atoms with van der Waals surface area (Å²) in [6, 6.07) is 24.2. The quantitative estimate of drug-likeness (QED) is 0.145. The molecule has 2 aliphatic rings. The minimum Gasteiger partial charge on any atom is -0.744 e. The smallest absolute Gasteiger partial charge is 0.744 e. The minimum atomic E-state index is -4.87. The molecule has 2 atom stereocenters. The van der Waals surface area contributed by atoms with Gasteiger partial charge in [-0.05, 0) is 56.6 Å². The second-order valence-electron chi connectivity index (χ2n) is 9.86. The van der Waals surface area contributed by atoms with E-state index in [1.165, 1.54) is 36.4 Å². The van der Waals surface area contributed by atoms with Crippen LogP contribution in [0.5, 0.6) is 0 Å². The first-order valence-electron chi connectivity index (χ1n) is 12.6. The molecule has 12 heteroatoms. The molecular formula is C30H24N2Na2O6S2. The van der Waals surface area contributed by atoms with Crippen molar-refractivity contribution >= 4 is 32.4 Å². The van der Waals surface area contributed by atoms with E-state index < -0.39 is 30.0 Å². The van der Waals surface area contributed by atoms with Gasteiger partial charge in [0.2, 0.25) is 0 Å². The molecule has 0 saturated heterocycles. The Bertz CT molecular complexity index is 1760. The molecule has 0 fully saturated rings. The largest absolute Gasteiger partial charge is 1.00 e. The molecule has 42 heavy (non-hydrogen) atoms. The number of hydrogen-bond donors (Lipinski definition) is 2. The molecule has 0 radical (unpaired) electrons. The Morgan fingerprint density at radius 1 is 0.595 bits per heavy atom. The van der Waals surface area contributed by atoms with E-state index in [4.69, 9.17) is 0 Å². The number of nitrogens with one attached hydrogen (secondary N) is 2. The molecule has 0 bridgehead atoms. The zero-order valence-electron chi connectivity index (χ0n) is 23.1. The van der Waals surface area contributed by atoms with Crippen LogP contribution >= 0.6 is 0 Å². The molecule has 8 nitrogen and oxygen atoms in total. The van der Waals surface area contributed by atoms with Gasteiger partial charge in [-0.1, -0.05) is 84.9 Å². The van der Waals surface area contributed by atoms with E-state index in [0.29, 0.717) is 24.2 Å². The van der Waals surface area contributed by atoms with Crippen LogP contribution in [0, 0.1) is 0 Å². The van der Waals surface area contributed by atoms with Crippen LogP contribution in [0.3, 0.4) is 0 Å². The van der Waals surface area contributed by atoms with Gasteiger partial charge in [0, 0.05) is 13.1 Å². The Morgan fingerprint density at radius 3 is 1.36 bits per heavy atom. The van der Waals surface area contributed by atoms with Crippen molar-refractivity contribution in [2.75, 3.05) is 0 Å². The summed E-state index contributed by atoms with van der Waals surface area (Å²) in [5.41, 5.74) is 5.61. The third kappa shape index (κ3) is 6.71. The summed E-state index contributed by atoms with van der Waals surface area (Å²) in [5, 5.41) is 6.66. The molecule has 204 valence electrons. The van der Waals surface area contributed by atoms with Crippen LogP contribution in [-0.4, -0.2) is 25.9 Å². The third-order valence-corrected chi connectivity index (χ3v) is 9.23. The summed E-state index contributed by atoms with van der Waals surface area (Å²) in [7, 11) is -9.74. The molecule has 0 saturated carbocycles. The molecule has 6 rings (SSSR count). The average Bonchev–Trinajstić information content (AvgIpc) is 3.55. The second kappa shape index (κ2) is 13.2. The number of hydrogen-bond acceptors (Lipinski definition) is 8. The van der Waals surface area contributed by atoms with E-state index in [-0.39, 0.29) is 82.3 Å². The van der Waals surface area contributed by atoms with Crippen LogP contribution in [-0.2, 0) is 33.3 Å². The van der Waals surface area contributed by atoms with Crippen LogP contribution in [0.4, 0.5) is 0 Å². The van der Waals surface area contributed by atoms with E-state index in [2.05, 4.69) is 10.6 Å². The first-order chi connectivity index (χ1) is 19.1. The number of benzene rings is 4. The van der Waals surface area contributed by atoms with Crippen molar-refractivity contribution in [2.45, 2.75) is 35.0 Å². The molecule has 0 aliphatic carbocycles. The van der Waals surface area contributed by atoms with Gasteiger partial charge in [0.05, 0.1) is 21.9 Å². The van der Waals surface area contributed by atoms with E-state index in [9.17, 15) is 25.9 Å². The Labute approximate surface area is 289 Å². The van der Waals surface area contributed by atoms with E-state index in [1.807, 2.05) is 48.5 Å². The Balaban J connectivity index is 0.00000202. The van der Waals surface area contributed by atoms with Crippen molar-refractivity contribution in [1.29, 1.82) is 0 Å². The van der Waals surface area contributed by atoms with E-state index >= 15 is 0 Å². The molecule has 0 amide bonds. The van der Waals surface area contributed by atoms with Crippen molar-refractivity contribution in [3.05, 3.63) is 129 Å². The SMILES string of the molecule is O=S(=O)([O-])c1cc(C2NCc3ccccc32)ccc1/C=C/c1ccc(C2NCc3ccccc32)cc1S(=O)(=O)[O-].[Na+].[Na+]. The van der Waals surface area contributed by atoms with Gasteiger partial charge < -0.3 is 19.7 Å². The Kier molecular flexibility index (Phi) is 10.4. The fourth-order valence-corrected chi connectivity index (χ4v) is 6.95. The van der Waals surface area contributed by atoms with E-state index in [0.717, 1.165) is 22.3 Å². The van der Waals surface area contributed by atoms with Gasteiger partial charge in [-0.3, -0.25) is 0 Å². The van der Waals surface area contributed by atoms with Gasteiger partial charge in [-0.2, -0.15) is 0 Å². The Morgan fingerprint density at radius 2 is 0.976 bits per heavy atom. The van der Waals surface area contributed by atoms with Crippen molar-refractivity contribution in [2.24, 2.45) is 0 Å². The molecule has 2 aliphatic heterocycles. The van der Waals surface area contributed by atoms with Gasteiger partial charge in [-0.15, -0.1) is 0 Å². The van der Waals surface area contributed by atoms with Crippen molar-refractivity contribution in [3.63, 3.8) is 0 Å². The monoisotopic (exact) mass is 618 g/mol. The van der Waals surface area contributed by atoms with Crippen molar-refractivity contribution in [1.82, 2.24) is 10.6 Å². The van der Waals surface area contributed by atoms with Crippen LogP contribution in [0.25, 0.3) is 12.2 Å². The topological polar surface area (TPSA) is 138 Å². The summed E-state index contributed by atoms with van der Waals surface area (Å²) in [5.74, 6) is 0. The van der Waals surface area contributed by atoms with Crippen LogP contribution in [0.1, 0.15) is 56.6 Å². The van der Waals surface area contributed by atoms with Crippen molar-refractivity contribution < 1.29 is 85.1 Å². The molecule has 4 aromatic carbocycles. The fourth-order valence-electron chi connectivity index (χ4n) is 5.54. The predicted molar refractivity (Wildman–Crippen MR) is 148 cm³/mol. The normalized spacial score (nSPS) is 17.8. The fraction of sp³-hybridized carbons (Fsp3) is 0.133. The van der Waals surface area contributed by atoms with Gasteiger partial charge in [0.1, 0.15) is 20.2 Å². The van der Waals surface area contributed by atoms with Gasteiger partial charge in [-0.25, -0.2) is 16.8 Å². The molecule has 2 N–H and O–H groups in total. The number of rotatable bonds is 6. The standard InChI is InChI=1S/C30H26N2O6S2.2Na/c33-39(34,35)27-15-21(29-25-7-3-1-5-23(25)17-31-29)13-11-19(27)9-10-20-12-14-22(16-28(20)40(36,37)38)30-26-8-4-2-6-24(26)18-32-30;;/h1-16,29-32H,17-18H2,(H,33,34,35)(H,36,37,38);;/q;2*+1/p-2/b10-9+;;. The maximum absolute atomic E-state index is 12.2. The zero-order valence-corrected chi connectivity index (χ0v) is 28.7. The van der Waals surface area contributed by atoms with Crippen LogP contribution in [0.2, 0.25) is 0 Å². The second-order valence-corrected chi connectivity index (χ2v) is 12.6. The number of fused-ring (bicyclic) bond motifs is 2. The maximum atomic E-state index is 12.2. The zero-order chi connectivity index (χ0) is 28.1. The van der Waals surface area contributed by atoms with Crippen LogP contribution in [0.15, 0.2) is 94.7 Å². The molecular weight excluding hydrogens is 594 g/mol. The maximum Gasteiger partial charge on any atom is 1.00 e. The third-order valence-electron chi connectivity index (χ3n) is 7.45. The Hall–Kier alpha value is -1.64. The summed E-state index contributed by atoms with van der Waals surface area (Å²) < 4.78 is 73.4. The first kappa shape index (κ1) is 33.3. The van der Waals surface area contributed by atoms with E-state index in [1.54, 1.807) is 12.1 Å². The van der Waals surface area contributed by atoms with Crippen molar-refractivity contribution in [3.8, 4) is 0 Å². The van der Waals surface area contributed by atoms with Gasteiger partial charge in [0.25, 0.3) is 0 Å². The molecule has 2 heterocycles.